The van der Waals surface area contributed by atoms with Crippen molar-refractivity contribution in [1.29, 1.82) is 0 Å². The lowest BCUT2D eigenvalue weighted by atomic mass is 10.0. The summed E-state index contributed by atoms with van der Waals surface area (Å²) in [5.74, 6) is -1.10. The number of rotatable bonds is 8. The minimum absolute atomic E-state index is 0.0944. The van der Waals surface area contributed by atoms with E-state index in [9.17, 15) is 14.0 Å². The number of aryl methyl sites for hydroxylation is 1. The van der Waals surface area contributed by atoms with Gasteiger partial charge < -0.3 is 10.1 Å². The van der Waals surface area contributed by atoms with Gasteiger partial charge in [-0.1, -0.05) is 29.8 Å². The van der Waals surface area contributed by atoms with Crippen molar-refractivity contribution < 1.29 is 18.7 Å². The molecule has 0 saturated carbocycles. The van der Waals surface area contributed by atoms with Crippen molar-refractivity contribution in [2.75, 3.05) is 18.5 Å². The summed E-state index contributed by atoms with van der Waals surface area (Å²) in [6.07, 6.45) is 0.651. The van der Waals surface area contributed by atoms with Gasteiger partial charge in [-0.15, -0.1) is 0 Å². The van der Waals surface area contributed by atoms with E-state index >= 15 is 0 Å². The van der Waals surface area contributed by atoms with Gasteiger partial charge in [0.2, 0.25) is 0 Å². The van der Waals surface area contributed by atoms with E-state index in [4.69, 9.17) is 4.74 Å². The molecule has 1 N–H and O–H groups in total. The molecule has 0 radical (unpaired) electrons. The van der Waals surface area contributed by atoms with Crippen LogP contribution < -0.4 is 5.32 Å². The Kier molecular flexibility index (Phi) is 6.44. The smallest absolute Gasteiger partial charge is 0.278 e. The van der Waals surface area contributed by atoms with Gasteiger partial charge in [0.05, 0.1) is 11.7 Å². The topological polar surface area (TPSA) is 58.6 Å². The van der Waals surface area contributed by atoms with Crippen molar-refractivity contribution in [2.24, 2.45) is 0 Å². The van der Waals surface area contributed by atoms with Crippen molar-refractivity contribution in [3.05, 3.63) is 71.2 Å². The first kappa shape index (κ1) is 20.7. The van der Waals surface area contributed by atoms with Crippen LogP contribution in [0.1, 0.15) is 31.4 Å². The SMILES string of the molecule is Cc1ccc(C2=C(Nc3ccc(F)cc3)C(=O)N(CCCOC(C)C)C2=O)cc1. The summed E-state index contributed by atoms with van der Waals surface area (Å²) in [5, 5.41) is 3.02. The Hall–Kier alpha value is -2.99. The fourth-order valence-electron chi connectivity index (χ4n) is 3.10. The molecule has 0 fully saturated rings. The third kappa shape index (κ3) is 4.90. The molecule has 0 aromatic heterocycles. The fourth-order valence-corrected chi connectivity index (χ4v) is 3.10. The number of carbonyl (C=O) groups is 2. The molecule has 0 bridgehead atoms. The molecule has 1 heterocycles. The minimum atomic E-state index is -0.389. The molecule has 0 atom stereocenters. The van der Waals surface area contributed by atoms with Crippen LogP contribution in [0.5, 0.6) is 0 Å². The van der Waals surface area contributed by atoms with Gasteiger partial charge in [0.1, 0.15) is 11.5 Å². The van der Waals surface area contributed by atoms with Crippen molar-refractivity contribution in [2.45, 2.75) is 33.3 Å². The molecule has 1 aliphatic rings. The molecule has 0 spiro atoms. The number of imide groups is 1. The number of amides is 2. The quantitative estimate of drug-likeness (QED) is 0.538. The van der Waals surface area contributed by atoms with Gasteiger partial charge in [0.25, 0.3) is 11.8 Å². The Morgan fingerprint density at radius 3 is 2.28 bits per heavy atom. The first-order valence-electron chi connectivity index (χ1n) is 9.68. The molecule has 5 nitrogen and oxygen atoms in total. The van der Waals surface area contributed by atoms with Crippen LogP contribution in [0.2, 0.25) is 0 Å². The number of hydrogen-bond donors (Lipinski definition) is 1. The first-order valence-corrected chi connectivity index (χ1v) is 9.68. The summed E-state index contributed by atoms with van der Waals surface area (Å²) in [6.45, 7) is 6.57. The maximum Gasteiger partial charge on any atom is 0.278 e. The number of hydrogen-bond acceptors (Lipinski definition) is 4. The highest BCUT2D eigenvalue weighted by molar-refractivity contribution is 6.36. The van der Waals surface area contributed by atoms with Gasteiger partial charge in [-0.25, -0.2) is 4.39 Å². The lowest BCUT2D eigenvalue weighted by Gasteiger charge is -2.16. The second-order valence-electron chi connectivity index (χ2n) is 7.28. The number of nitrogens with zero attached hydrogens (tertiary/aromatic N) is 1. The van der Waals surface area contributed by atoms with Crippen LogP contribution in [-0.4, -0.2) is 36.0 Å². The van der Waals surface area contributed by atoms with Crippen molar-refractivity contribution in [3.63, 3.8) is 0 Å². The van der Waals surface area contributed by atoms with Gasteiger partial charge in [0.15, 0.2) is 0 Å². The molecule has 0 aliphatic carbocycles. The monoisotopic (exact) mass is 396 g/mol. The zero-order valence-electron chi connectivity index (χ0n) is 16.9. The summed E-state index contributed by atoms with van der Waals surface area (Å²) in [7, 11) is 0. The van der Waals surface area contributed by atoms with Gasteiger partial charge in [0, 0.05) is 18.8 Å². The van der Waals surface area contributed by atoms with E-state index in [2.05, 4.69) is 5.32 Å². The zero-order valence-corrected chi connectivity index (χ0v) is 16.9. The molecule has 2 amide bonds. The van der Waals surface area contributed by atoms with Gasteiger partial charge in [-0.2, -0.15) is 0 Å². The van der Waals surface area contributed by atoms with Crippen LogP contribution in [0.3, 0.4) is 0 Å². The molecular weight excluding hydrogens is 371 g/mol. The summed E-state index contributed by atoms with van der Waals surface area (Å²) < 4.78 is 18.7. The van der Waals surface area contributed by atoms with Gasteiger partial charge >= 0.3 is 0 Å². The predicted molar refractivity (Wildman–Crippen MR) is 111 cm³/mol. The lowest BCUT2D eigenvalue weighted by molar-refractivity contribution is -0.137. The highest BCUT2D eigenvalue weighted by Crippen LogP contribution is 2.30. The van der Waals surface area contributed by atoms with Crippen molar-refractivity contribution >= 4 is 23.1 Å². The number of ether oxygens (including phenoxy) is 1. The van der Waals surface area contributed by atoms with Crippen LogP contribution in [-0.2, 0) is 14.3 Å². The Morgan fingerprint density at radius 1 is 1.00 bits per heavy atom. The van der Waals surface area contributed by atoms with E-state index in [1.807, 2.05) is 45.0 Å². The molecule has 29 heavy (non-hydrogen) atoms. The Balaban J connectivity index is 1.88. The van der Waals surface area contributed by atoms with Crippen LogP contribution in [0.4, 0.5) is 10.1 Å². The Bertz CT molecular complexity index is 918. The molecule has 6 heteroatoms. The van der Waals surface area contributed by atoms with E-state index < -0.39 is 0 Å². The average molecular weight is 396 g/mol. The summed E-state index contributed by atoms with van der Waals surface area (Å²) in [6, 6.07) is 13.1. The van der Waals surface area contributed by atoms with Gasteiger partial charge in [-0.3, -0.25) is 14.5 Å². The molecule has 1 aliphatic heterocycles. The molecule has 3 rings (SSSR count). The number of halogens is 1. The lowest BCUT2D eigenvalue weighted by Crippen LogP contribution is -2.34. The maximum atomic E-state index is 13.2. The van der Waals surface area contributed by atoms with E-state index in [0.717, 1.165) is 5.56 Å². The Labute approximate surface area is 170 Å². The van der Waals surface area contributed by atoms with Crippen molar-refractivity contribution in [1.82, 2.24) is 4.90 Å². The number of benzene rings is 2. The molecule has 152 valence electrons. The number of anilines is 1. The third-order valence-corrected chi connectivity index (χ3v) is 4.60. The standard InChI is InChI=1S/C23H25FN2O3/c1-15(2)29-14-4-13-26-22(27)20(17-7-5-16(3)6-8-17)21(23(26)28)25-19-11-9-18(24)10-12-19/h5-12,15,25H,4,13-14H2,1-3H3. The first-order chi connectivity index (χ1) is 13.9. The average Bonchev–Trinajstić information content (AvgIpc) is 2.91. The normalized spacial score (nSPS) is 14.3. The van der Waals surface area contributed by atoms with E-state index in [1.54, 1.807) is 0 Å². The zero-order chi connectivity index (χ0) is 21.0. The van der Waals surface area contributed by atoms with Gasteiger partial charge in [-0.05, 0) is 57.0 Å². The summed E-state index contributed by atoms with van der Waals surface area (Å²) >= 11 is 0. The Morgan fingerprint density at radius 2 is 1.66 bits per heavy atom. The second-order valence-corrected chi connectivity index (χ2v) is 7.28. The number of carbonyl (C=O) groups excluding carboxylic acids is 2. The largest absolute Gasteiger partial charge is 0.379 e. The van der Waals surface area contributed by atoms with E-state index in [0.29, 0.717) is 29.9 Å². The molecule has 0 unspecified atom stereocenters. The fraction of sp³-hybridized carbons (Fsp3) is 0.304. The highest BCUT2D eigenvalue weighted by atomic mass is 19.1. The van der Waals surface area contributed by atoms with E-state index in [1.165, 1.54) is 29.2 Å². The van der Waals surface area contributed by atoms with Crippen LogP contribution in [0.25, 0.3) is 5.57 Å². The number of nitrogens with one attached hydrogen (secondary N) is 1. The molecule has 2 aromatic carbocycles. The molecule has 2 aromatic rings. The van der Waals surface area contributed by atoms with Crippen LogP contribution in [0.15, 0.2) is 54.2 Å². The molecular formula is C23H25FN2O3. The third-order valence-electron chi connectivity index (χ3n) is 4.60. The summed E-state index contributed by atoms with van der Waals surface area (Å²) in [4.78, 5) is 27.4. The summed E-state index contributed by atoms with van der Waals surface area (Å²) in [5.41, 5.74) is 2.79. The van der Waals surface area contributed by atoms with Crippen molar-refractivity contribution in [3.8, 4) is 0 Å². The second kappa shape index (κ2) is 9.01. The minimum Gasteiger partial charge on any atom is -0.379 e. The van der Waals surface area contributed by atoms with Crippen LogP contribution in [0, 0.1) is 12.7 Å². The van der Waals surface area contributed by atoms with E-state index in [-0.39, 0.29) is 36.0 Å². The molecule has 0 saturated heterocycles. The van der Waals surface area contributed by atoms with Crippen LogP contribution >= 0.6 is 0 Å². The maximum absolute atomic E-state index is 13.2. The predicted octanol–water partition coefficient (Wildman–Crippen LogP) is 4.14. The highest BCUT2D eigenvalue weighted by Gasteiger charge is 2.38.